The van der Waals surface area contributed by atoms with E-state index in [2.05, 4.69) is 19.9 Å². The maximum absolute atomic E-state index is 6.08. The summed E-state index contributed by atoms with van der Waals surface area (Å²) in [6.45, 7) is 8.40. The monoisotopic (exact) mass is 225 g/mol. The van der Waals surface area contributed by atoms with Crippen LogP contribution in [0.4, 0.5) is 0 Å². The van der Waals surface area contributed by atoms with Crippen molar-refractivity contribution in [2.24, 2.45) is 5.73 Å². The fourth-order valence-electron chi connectivity index (χ4n) is 1.64. The third-order valence-corrected chi connectivity index (χ3v) is 2.52. The summed E-state index contributed by atoms with van der Waals surface area (Å²) in [6.07, 6.45) is 0.854. The summed E-state index contributed by atoms with van der Waals surface area (Å²) in [5.74, 6) is 0.503. The lowest BCUT2D eigenvalue weighted by Gasteiger charge is -2.19. The van der Waals surface area contributed by atoms with E-state index in [-0.39, 0.29) is 5.54 Å². The molecule has 1 aromatic carbocycles. The Morgan fingerprint density at radius 3 is 2.33 bits per heavy atom. The zero-order valence-corrected chi connectivity index (χ0v) is 10.7. The van der Waals surface area contributed by atoms with Crippen molar-refractivity contribution < 1.29 is 0 Å². The zero-order valence-electron chi connectivity index (χ0n) is 9.97. The van der Waals surface area contributed by atoms with Gasteiger partial charge in [0, 0.05) is 10.6 Å². The molecule has 2 heteroatoms. The van der Waals surface area contributed by atoms with E-state index in [1.54, 1.807) is 0 Å². The van der Waals surface area contributed by atoms with Crippen molar-refractivity contribution in [1.29, 1.82) is 0 Å². The van der Waals surface area contributed by atoms with E-state index < -0.39 is 0 Å². The third-order valence-electron chi connectivity index (χ3n) is 2.31. The van der Waals surface area contributed by atoms with Crippen molar-refractivity contribution in [2.75, 3.05) is 0 Å². The molecule has 0 saturated heterocycles. The van der Waals surface area contributed by atoms with Crippen LogP contribution in [0.5, 0.6) is 0 Å². The molecule has 0 unspecified atom stereocenters. The normalized spacial score (nSPS) is 12.2. The van der Waals surface area contributed by atoms with E-state index in [9.17, 15) is 0 Å². The van der Waals surface area contributed by atoms with Gasteiger partial charge in [0.05, 0.1) is 0 Å². The quantitative estimate of drug-likeness (QED) is 0.833. The van der Waals surface area contributed by atoms with Gasteiger partial charge in [-0.3, -0.25) is 0 Å². The summed E-state index contributed by atoms with van der Waals surface area (Å²) in [7, 11) is 0. The lowest BCUT2D eigenvalue weighted by atomic mass is 9.93. The predicted octanol–water partition coefficient (Wildman–Crippen LogP) is 3.74. The summed E-state index contributed by atoms with van der Waals surface area (Å²) < 4.78 is 0. The molecule has 0 atom stereocenters. The molecule has 0 amide bonds. The smallest absolute Gasteiger partial charge is 0.0411 e. The lowest BCUT2D eigenvalue weighted by Crippen LogP contribution is -2.34. The number of benzene rings is 1. The van der Waals surface area contributed by atoms with Gasteiger partial charge in [0.25, 0.3) is 0 Å². The van der Waals surface area contributed by atoms with E-state index in [1.807, 2.05) is 26.0 Å². The Bertz CT molecular complexity index is 337. The van der Waals surface area contributed by atoms with Crippen LogP contribution in [0, 0.1) is 0 Å². The van der Waals surface area contributed by atoms with Crippen LogP contribution in [0.2, 0.25) is 5.02 Å². The Labute approximate surface area is 97.6 Å². The summed E-state index contributed by atoms with van der Waals surface area (Å²) in [5.41, 5.74) is 8.32. The molecular weight excluding hydrogens is 206 g/mol. The molecule has 0 fully saturated rings. The number of hydrogen-bond donors (Lipinski definition) is 1. The van der Waals surface area contributed by atoms with Crippen molar-refractivity contribution in [2.45, 2.75) is 45.6 Å². The predicted molar refractivity (Wildman–Crippen MR) is 67.5 cm³/mol. The summed E-state index contributed by atoms with van der Waals surface area (Å²) >= 11 is 6.08. The molecule has 0 saturated carbocycles. The van der Waals surface area contributed by atoms with Gasteiger partial charge in [-0.2, -0.15) is 0 Å². The third kappa shape index (κ3) is 4.23. The van der Waals surface area contributed by atoms with Crippen LogP contribution in [0.15, 0.2) is 18.2 Å². The number of nitrogens with two attached hydrogens (primary N) is 1. The van der Waals surface area contributed by atoms with Gasteiger partial charge in [-0.05, 0) is 49.4 Å². The average molecular weight is 226 g/mol. The first-order valence-electron chi connectivity index (χ1n) is 5.36. The van der Waals surface area contributed by atoms with Gasteiger partial charge in [-0.25, -0.2) is 0 Å². The standard InChI is InChI=1S/C13H20ClN/c1-9(2)11-5-10(6-12(14)7-11)8-13(3,4)15/h5-7,9H,8,15H2,1-4H3. The van der Waals surface area contributed by atoms with Gasteiger partial charge < -0.3 is 5.73 Å². The SMILES string of the molecule is CC(C)c1cc(Cl)cc(CC(C)(C)N)c1. The van der Waals surface area contributed by atoms with Crippen LogP contribution in [0.25, 0.3) is 0 Å². The molecule has 1 rings (SSSR count). The maximum atomic E-state index is 6.08. The van der Waals surface area contributed by atoms with Gasteiger partial charge in [-0.15, -0.1) is 0 Å². The van der Waals surface area contributed by atoms with E-state index >= 15 is 0 Å². The van der Waals surface area contributed by atoms with Crippen molar-refractivity contribution in [1.82, 2.24) is 0 Å². The van der Waals surface area contributed by atoms with Crippen LogP contribution in [-0.4, -0.2) is 5.54 Å². The summed E-state index contributed by atoms with van der Waals surface area (Å²) in [4.78, 5) is 0. The second-order valence-electron chi connectivity index (χ2n) is 5.21. The molecular formula is C13H20ClN. The molecule has 0 radical (unpaired) electrons. The molecule has 0 aromatic heterocycles. The van der Waals surface area contributed by atoms with Gasteiger partial charge in [0.2, 0.25) is 0 Å². The van der Waals surface area contributed by atoms with Gasteiger partial charge >= 0.3 is 0 Å². The van der Waals surface area contributed by atoms with Crippen LogP contribution in [-0.2, 0) is 6.42 Å². The van der Waals surface area contributed by atoms with Crippen LogP contribution in [0.1, 0.15) is 44.7 Å². The molecule has 15 heavy (non-hydrogen) atoms. The minimum Gasteiger partial charge on any atom is -0.325 e. The molecule has 1 aromatic rings. The molecule has 84 valence electrons. The van der Waals surface area contributed by atoms with Crippen LogP contribution in [0.3, 0.4) is 0 Å². The zero-order chi connectivity index (χ0) is 11.6. The first-order valence-corrected chi connectivity index (χ1v) is 5.74. The Morgan fingerprint density at radius 2 is 1.87 bits per heavy atom. The molecule has 1 nitrogen and oxygen atoms in total. The van der Waals surface area contributed by atoms with E-state index in [0.717, 1.165) is 11.4 Å². The Hall–Kier alpha value is -0.530. The molecule has 2 N–H and O–H groups in total. The number of hydrogen-bond acceptors (Lipinski definition) is 1. The fraction of sp³-hybridized carbons (Fsp3) is 0.538. The molecule has 0 aliphatic rings. The molecule has 0 aliphatic heterocycles. The highest BCUT2D eigenvalue weighted by Crippen LogP contribution is 2.23. The van der Waals surface area contributed by atoms with E-state index in [1.165, 1.54) is 11.1 Å². The second kappa shape index (κ2) is 4.54. The van der Waals surface area contributed by atoms with Gasteiger partial charge in [-0.1, -0.05) is 31.5 Å². The van der Waals surface area contributed by atoms with Crippen molar-refractivity contribution in [3.05, 3.63) is 34.3 Å². The highest BCUT2D eigenvalue weighted by molar-refractivity contribution is 6.30. The number of rotatable bonds is 3. The van der Waals surface area contributed by atoms with Crippen molar-refractivity contribution >= 4 is 11.6 Å². The van der Waals surface area contributed by atoms with E-state index in [0.29, 0.717) is 5.92 Å². The van der Waals surface area contributed by atoms with Crippen molar-refractivity contribution in [3.63, 3.8) is 0 Å². The lowest BCUT2D eigenvalue weighted by molar-refractivity contribution is 0.516. The summed E-state index contributed by atoms with van der Waals surface area (Å²) in [5, 5.41) is 0.806. The molecule has 0 aliphatic carbocycles. The first kappa shape index (κ1) is 12.5. The highest BCUT2D eigenvalue weighted by atomic mass is 35.5. The largest absolute Gasteiger partial charge is 0.325 e. The number of halogens is 1. The Morgan fingerprint density at radius 1 is 1.27 bits per heavy atom. The topological polar surface area (TPSA) is 26.0 Å². The van der Waals surface area contributed by atoms with Gasteiger partial charge in [0.1, 0.15) is 0 Å². The molecule has 0 bridgehead atoms. The van der Waals surface area contributed by atoms with E-state index in [4.69, 9.17) is 17.3 Å². The van der Waals surface area contributed by atoms with Crippen LogP contribution >= 0.6 is 11.6 Å². The van der Waals surface area contributed by atoms with Crippen LogP contribution < -0.4 is 5.73 Å². The van der Waals surface area contributed by atoms with Gasteiger partial charge in [0.15, 0.2) is 0 Å². The first-order chi connectivity index (χ1) is 6.78. The maximum Gasteiger partial charge on any atom is 0.0411 e. The average Bonchev–Trinajstić information content (AvgIpc) is 1.99. The Kier molecular flexibility index (Phi) is 3.80. The van der Waals surface area contributed by atoms with Crippen molar-refractivity contribution in [3.8, 4) is 0 Å². The molecule has 0 heterocycles. The second-order valence-corrected chi connectivity index (χ2v) is 5.65. The molecule has 0 spiro atoms. The Balaban J connectivity index is 2.99. The highest BCUT2D eigenvalue weighted by Gasteiger charge is 2.13. The minimum absolute atomic E-state index is 0.182. The summed E-state index contributed by atoms with van der Waals surface area (Å²) in [6, 6.07) is 6.23. The fourth-order valence-corrected chi connectivity index (χ4v) is 1.90. The minimum atomic E-state index is -0.182.